The minimum atomic E-state index is -1.02. The molecule has 1 N–H and O–H groups in total. The van der Waals surface area contributed by atoms with Gasteiger partial charge in [-0.1, -0.05) is 12.2 Å². The van der Waals surface area contributed by atoms with Gasteiger partial charge in [0.1, 0.15) is 5.41 Å². The van der Waals surface area contributed by atoms with Gasteiger partial charge in [-0.15, -0.1) is 13.2 Å². The predicted molar refractivity (Wildman–Crippen MR) is 57.8 cm³/mol. The van der Waals surface area contributed by atoms with Crippen LogP contribution in [-0.2, 0) is 14.3 Å². The monoisotopic (exact) mass is 214 g/mol. The van der Waals surface area contributed by atoms with Crippen LogP contribution in [0.5, 0.6) is 0 Å². The molecule has 86 valence electrons. The van der Waals surface area contributed by atoms with Crippen molar-refractivity contribution in [2.45, 2.75) is 6.92 Å². The Morgan fingerprint density at radius 1 is 1.27 bits per heavy atom. The van der Waals surface area contributed by atoms with Gasteiger partial charge in [0.15, 0.2) is 0 Å². The lowest BCUT2D eigenvalue weighted by molar-refractivity contribution is -0.155. The standard InChI is InChI=1S/C11H18O4/c1-4-6-14-8-11(3,10(12)13)9-15-7-5-2/h4-5H,1-2,6-9H2,3H3,(H,12,13). The molecule has 0 radical (unpaired) electrons. The highest BCUT2D eigenvalue weighted by Gasteiger charge is 2.33. The third kappa shape index (κ3) is 5.34. The van der Waals surface area contributed by atoms with Crippen LogP contribution in [0.3, 0.4) is 0 Å². The van der Waals surface area contributed by atoms with Gasteiger partial charge in [-0.25, -0.2) is 0 Å². The van der Waals surface area contributed by atoms with Crippen molar-refractivity contribution in [3.05, 3.63) is 25.3 Å². The fourth-order valence-corrected chi connectivity index (χ4v) is 0.900. The molecule has 0 amide bonds. The van der Waals surface area contributed by atoms with E-state index in [1.807, 2.05) is 0 Å². The SMILES string of the molecule is C=CCOCC(C)(COCC=C)C(=O)O. The fraction of sp³-hybridized carbons (Fsp3) is 0.545. The van der Waals surface area contributed by atoms with Crippen molar-refractivity contribution < 1.29 is 19.4 Å². The molecule has 0 unspecified atom stereocenters. The molecule has 0 saturated heterocycles. The Morgan fingerprint density at radius 3 is 1.93 bits per heavy atom. The van der Waals surface area contributed by atoms with Crippen LogP contribution < -0.4 is 0 Å². The maximum absolute atomic E-state index is 11.0. The number of aliphatic carboxylic acids is 1. The van der Waals surface area contributed by atoms with Crippen LogP contribution in [0.2, 0.25) is 0 Å². The summed E-state index contributed by atoms with van der Waals surface area (Å²) in [5.41, 5.74) is -1.02. The Hall–Kier alpha value is -1.13. The normalized spacial score (nSPS) is 11.0. The first-order valence-electron chi connectivity index (χ1n) is 4.67. The Balaban J connectivity index is 4.12. The molecule has 0 aromatic rings. The molecule has 4 heteroatoms. The van der Waals surface area contributed by atoms with Crippen LogP contribution in [0.1, 0.15) is 6.92 Å². The summed E-state index contributed by atoms with van der Waals surface area (Å²) in [7, 11) is 0. The number of hydrogen-bond acceptors (Lipinski definition) is 3. The molecule has 0 heterocycles. The third-order valence-corrected chi connectivity index (χ3v) is 1.83. The van der Waals surface area contributed by atoms with E-state index in [2.05, 4.69) is 13.2 Å². The van der Waals surface area contributed by atoms with Crippen LogP contribution in [0.4, 0.5) is 0 Å². The number of ether oxygens (including phenoxy) is 2. The van der Waals surface area contributed by atoms with E-state index >= 15 is 0 Å². The number of rotatable bonds is 9. The fourth-order valence-electron chi connectivity index (χ4n) is 0.900. The van der Waals surface area contributed by atoms with Gasteiger partial charge in [0.25, 0.3) is 0 Å². The second-order valence-corrected chi connectivity index (χ2v) is 3.47. The molecule has 0 aliphatic rings. The smallest absolute Gasteiger partial charge is 0.314 e. The van der Waals surface area contributed by atoms with Gasteiger partial charge in [0, 0.05) is 0 Å². The highest BCUT2D eigenvalue weighted by Crippen LogP contribution is 2.17. The zero-order valence-corrected chi connectivity index (χ0v) is 9.07. The van der Waals surface area contributed by atoms with Gasteiger partial charge in [-0.2, -0.15) is 0 Å². The third-order valence-electron chi connectivity index (χ3n) is 1.83. The predicted octanol–water partition coefficient (Wildman–Crippen LogP) is 1.48. The van der Waals surface area contributed by atoms with Gasteiger partial charge in [0.05, 0.1) is 26.4 Å². The van der Waals surface area contributed by atoms with E-state index in [1.165, 1.54) is 0 Å². The molecule has 0 aliphatic carbocycles. The second kappa shape index (κ2) is 7.20. The van der Waals surface area contributed by atoms with Crippen molar-refractivity contribution in [2.24, 2.45) is 5.41 Å². The molecular formula is C11H18O4. The van der Waals surface area contributed by atoms with Gasteiger partial charge < -0.3 is 14.6 Å². The quantitative estimate of drug-likeness (QED) is 0.466. The molecule has 4 nitrogen and oxygen atoms in total. The minimum Gasteiger partial charge on any atom is -0.481 e. The summed E-state index contributed by atoms with van der Waals surface area (Å²) < 4.78 is 10.3. The second-order valence-electron chi connectivity index (χ2n) is 3.47. The summed E-state index contributed by atoms with van der Waals surface area (Å²) in [6, 6.07) is 0. The lowest BCUT2D eigenvalue weighted by Crippen LogP contribution is -2.37. The van der Waals surface area contributed by atoms with Crippen LogP contribution >= 0.6 is 0 Å². The summed E-state index contributed by atoms with van der Waals surface area (Å²) in [4.78, 5) is 11.0. The first-order valence-corrected chi connectivity index (χ1v) is 4.67. The van der Waals surface area contributed by atoms with Gasteiger partial charge in [-0.3, -0.25) is 4.79 Å². The van der Waals surface area contributed by atoms with Crippen molar-refractivity contribution in [3.63, 3.8) is 0 Å². The Labute approximate surface area is 90.2 Å². The minimum absolute atomic E-state index is 0.103. The Bertz CT molecular complexity index is 209. The Morgan fingerprint density at radius 2 is 1.67 bits per heavy atom. The number of carboxylic acids is 1. The van der Waals surface area contributed by atoms with Crippen LogP contribution in [0.25, 0.3) is 0 Å². The summed E-state index contributed by atoms with van der Waals surface area (Å²) >= 11 is 0. The van der Waals surface area contributed by atoms with Crippen molar-refractivity contribution >= 4 is 5.97 Å². The first kappa shape index (κ1) is 13.9. The van der Waals surface area contributed by atoms with Gasteiger partial charge in [-0.05, 0) is 6.92 Å². The van der Waals surface area contributed by atoms with Crippen LogP contribution in [0, 0.1) is 5.41 Å². The average Bonchev–Trinajstić information content (AvgIpc) is 2.18. The molecule has 0 aromatic carbocycles. The molecule has 0 atom stereocenters. The van der Waals surface area contributed by atoms with Gasteiger partial charge >= 0.3 is 5.97 Å². The molecular weight excluding hydrogens is 196 g/mol. The largest absolute Gasteiger partial charge is 0.481 e. The van der Waals surface area contributed by atoms with Crippen LogP contribution in [0.15, 0.2) is 25.3 Å². The van der Waals surface area contributed by atoms with E-state index in [4.69, 9.17) is 14.6 Å². The summed E-state index contributed by atoms with van der Waals surface area (Å²) in [5, 5.41) is 9.02. The van der Waals surface area contributed by atoms with Crippen molar-refractivity contribution in [1.29, 1.82) is 0 Å². The van der Waals surface area contributed by atoms with E-state index in [-0.39, 0.29) is 13.2 Å². The number of hydrogen-bond donors (Lipinski definition) is 1. The topological polar surface area (TPSA) is 55.8 Å². The maximum atomic E-state index is 11.0. The molecule has 15 heavy (non-hydrogen) atoms. The molecule has 0 aromatic heterocycles. The molecule has 0 saturated carbocycles. The summed E-state index contributed by atoms with van der Waals surface area (Å²) in [5.74, 6) is -0.935. The zero-order valence-electron chi connectivity index (χ0n) is 9.07. The van der Waals surface area contributed by atoms with Crippen molar-refractivity contribution in [2.75, 3.05) is 26.4 Å². The molecule has 0 spiro atoms. The number of carbonyl (C=O) groups is 1. The molecule has 0 fully saturated rings. The van der Waals surface area contributed by atoms with E-state index < -0.39 is 11.4 Å². The molecule has 0 aliphatic heterocycles. The van der Waals surface area contributed by atoms with Crippen molar-refractivity contribution in [1.82, 2.24) is 0 Å². The van der Waals surface area contributed by atoms with E-state index in [0.717, 1.165) is 0 Å². The van der Waals surface area contributed by atoms with Gasteiger partial charge in [0.2, 0.25) is 0 Å². The number of carboxylic acid groups (broad SMARTS) is 1. The zero-order chi connectivity index (χ0) is 11.7. The van der Waals surface area contributed by atoms with E-state index in [1.54, 1.807) is 19.1 Å². The van der Waals surface area contributed by atoms with Crippen molar-refractivity contribution in [3.8, 4) is 0 Å². The highest BCUT2D eigenvalue weighted by atomic mass is 16.5. The average molecular weight is 214 g/mol. The van der Waals surface area contributed by atoms with E-state index in [0.29, 0.717) is 13.2 Å². The lowest BCUT2D eigenvalue weighted by atomic mass is 9.93. The Kier molecular flexibility index (Phi) is 6.66. The molecule has 0 bridgehead atoms. The first-order chi connectivity index (χ1) is 7.06. The summed E-state index contributed by atoms with van der Waals surface area (Å²) in [6.07, 6.45) is 3.15. The molecule has 0 rings (SSSR count). The lowest BCUT2D eigenvalue weighted by Gasteiger charge is -2.23. The summed E-state index contributed by atoms with van der Waals surface area (Å²) in [6.45, 7) is 9.43. The maximum Gasteiger partial charge on any atom is 0.314 e. The van der Waals surface area contributed by atoms with Crippen LogP contribution in [-0.4, -0.2) is 37.5 Å². The highest BCUT2D eigenvalue weighted by molar-refractivity contribution is 5.74. The van der Waals surface area contributed by atoms with E-state index in [9.17, 15) is 4.79 Å².